The molecule has 1 saturated heterocycles. The number of aliphatic imine (C=N–C) groups is 1. The van der Waals surface area contributed by atoms with Crippen LogP contribution in [-0.4, -0.2) is 66.0 Å². The number of carboxylic acid groups (broad SMARTS) is 1. The molecular weight excluding hydrogens is 615 g/mol. The first-order chi connectivity index (χ1) is 18.6. The van der Waals surface area contributed by atoms with E-state index >= 15 is 0 Å². The summed E-state index contributed by atoms with van der Waals surface area (Å²) >= 11 is 4.66. The minimum absolute atomic E-state index is 0.120. The quantitative estimate of drug-likeness (QED) is 0.439. The van der Waals surface area contributed by atoms with Gasteiger partial charge in [0, 0.05) is 36.3 Å². The number of halogens is 2. The maximum Gasteiger partial charge on any atom is 0.338 e. The van der Waals surface area contributed by atoms with Gasteiger partial charge in [-0.15, -0.1) is 11.3 Å². The largest absolute Gasteiger partial charge is 0.481 e. The first-order valence-corrected chi connectivity index (χ1v) is 15.5. The molecule has 1 saturated carbocycles. The summed E-state index contributed by atoms with van der Waals surface area (Å²) in [5.41, 5.74) is 1.23. The van der Waals surface area contributed by atoms with Gasteiger partial charge >= 0.3 is 11.9 Å². The number of sulfonamides is 1. The second-order valence-electron chi connectivity index (χ2n) is 9.65. The van der Waals surface area contributed by atoms with Gasteiger partial charge in [-0.3, -0.25) is 9.79 Å². The molecule has 2 fully saturated rings. The highest BCUT2D eigenvalue weighted by Crippen LogP contribution is 2.41. The van der Waals surface area contributed by atoms with Gasteiger partial charge in [0.1, 0.15) is 11.9 Å². The fraction of sp³-hybridized carbons (Fsp3) is 0.440. The number of allylic oxidation sites excluding steroid dienone is 1. The van der Waals surface area contributed by atoms with E-state index in [9.17, 15) is 22.4 Å². The van der Waals surface area contributed by atoms with Crippen molar-refractivity contribution in [2.75, 3.05) is 20.2 Å². The number of carbonyl (C=O) groups excluding carboxylic acids is 1. The monoisotopic (exact) mass is 640 g/mol. The van der Waals surface area contributed by atoms with Crippen LogP contribution in [0.15, 0.2) is 50.5 Å². The molecular formula is C25H26BrFN4O6S2. The summed E-state index contributed by atoms with van der Waals surface area (Å²) < 4.78 is 47.5. The van der Waals surface area contributed by atoms with E-state index in [4.69, 9.17) is 14.8 Å². The summed E-state index contributed by atoms with van der Waals surface area (Å²) in [6.07, 6.45) is 2.71. The van der Waals surface area contributed by atoms with E-state index in [0.717, 1.165) is 0 Å². The maximum absolute atomic E-state index is 14.5. The van der Waals surface area contributed by atoms with Crippen molar-refractivity contribution in [3.8, 4) is 0 Å². The molecule has 1 aromatic heterocycles. The number of methoxy groups -OCH3 is 1. The van der Waals surface area contributed by atoms with Crippen LogP contribution in [-0.2, 0) is 24.3 Å². The highest BCUT2D eigenvalue weighted by molar-refractivity contribution is 9.10. The number of amidine groups is 1. The van der Waals surface area contributed by atoms with Crippen molar-refractivity contribution >= 4 is 55.1 Å². The van der Waals surface area contributed by atoms with Crippen LogP contribution in [0.2, 0.25) is 0 Å². The van der Waals surface area contributed by atoms with Crippen molar-refractivity contribution < 1.29 is 32.2 Å². The fourth-order valence-electron chi connectivity index (χ4n) is 5.25. The summed E-state index contributed by atoms with van der Waals surface area (Å²) in [5.74, 6) is -2.52. The number of rotatable bonds is 7. The lowest BCUT2D eigenvalue weighted by molar-refractivity contribution is -0.144. The Labute approximate surface area is 237 Å². The van der Waals surface area contributed by atoms with E-state index in [1.807, 2.05) is 0 Å². The van der Waals surface area contributed by atoms with Crippen LogP contribution in [0.4, 0.5) is 4.39 Å². The van der Waals surface area contributed by atoms with Gasteiger partial charge < -0.3 is 15.2 Å². The minimum atomic E-state index is -3.63. The number of aromatic nitrogens is 1. The smallest absolute Gasteiger partial charge is 0.338 e. The SMILES string of the molecule is COC(=O)C1=C(C2CCN(S(=O)(=O)[C@H]3C[C@@H](C(=O)O)C3)CC2)NC(c2nccs2)=NC1c1cccc(F)c1Br. The predicted octanol–water partition coefficient (Wildman–Crippen LogP) is 3.47. The minimum Gasteiger partial charge on any atom is -0.481 e. The number of nitrogens with zero attached hydrogens (tertiary/aromatic N) is 3. The Morgan fingerprint density at radius 3 is 2.59 bits per heavy atom. The Bertz CT molecular complexity index is 1450. The van der Waals surface area contributed by atoms with Crippen LogP contribution in [0.25, 0.3) is 0 Å². The number of esters is 1. The predicted molar refractivity (Wildman–Crippen MR) is 145 cm³/mol. The highest BCUT2D eigenvalue weighted by Gasteiger charge is 2.46. The van der Waals surface area contributed by atoms with Crippen LogP contribution in [0.5, 0.6) is 0 Å². The van der Waals surface area contributed by atoms with Gasteiger partial charge in [-0.25, -0.2) is 26.9 Å². The molecule has 0 amide bonds. The third-order valence-electron chi connectivity index (χ3n) is 7.48. The molecule has 1 aromatic carbocycles. The van der Waals surface area contributed by atoms with Crippen molar-refractivity contribution in [3.05, 3.63) is 61.9 Å². The molecule has 208 valence electrons. The van der Waals surface area contributed by atoms with Gasteiger partial charge in [0.05, 0.1) is 28.3 Å². The van der Waals surface area contributed by atoms with Crippen LogP contribution in [0.1, 0.15) is 42.3 Å². The molecule has 3 heterocycles. The topological polar surface area (TPSA) is 138 Å². The lowest BCUT2D eigenvalue weighted by Gasteiger charge is -2.40. The zero-order chi connectivity index (χ0) is 27.9. The number of carboxylic acids is 1. The number of benzene rings is 1. The number of aliphatic carboxylic acids is 1. The molecule has 5 rings (SSSR count). The second-order valence-corrected chi connectivity index (χ2v) is 13.6. The van der Waals surface area contributed by atoms with Crippen LogP contribution >= 0.6 is 27.3 Å². The van der Waals surface area contributed by atoms with Gasteiger partial charge in [0.2, 0.25) is 10.0 Å². The normalized spacial score (nSPS) is 24.5. The zero-order valence-electron chi connectivity index (χ0n) is 20.8. The van der Waals surface area contributed by atoms with E-state index in [1.165, 1.54) is 28.8 Å². The van der Waals surface area contributed by atoms with E-state index < -0.39 is 45.0 Å². The molecule has 1 unspecified atom stereocenters. The average Bonchev–Trinajstić information content (AvgIpc) is 3.43. The molecule has 2 aliphatic heterocycles. The number of hydrogen-bond donors (Lipinski definition) is 2. The molecule has 0 bridgehead atoms. The van der Waals surface area contributed by atoms with Crippen LogP contribution in [0.3, 0.4) is 0 Å². The number of hydrogen-bond acceptors (Lipinski definition) is 9. The third kappa shape index (κ3) is 5.26. The average molecular weight is 642 g/mol. The lowest BCUT2D eigenvalue weighted by atomic mass is 9.85. The molecule has 39 heavy (non-hydrogen) atoms. The Morgan fingerprint density at radius 1 is 1.26 bits per heavy atom. The van der Waals surface area contributed by atoms with E-state index in [-0.39, 0.29) is 41.9 Å². The van der Waals surface area contributed by atoms with Gasteiger partial charge in [-0.05, 0) is 53.2 Å². The standard InChI is InChI=1S/C25H26BrFN4O6S2/c1-37-25(34)18-20(13-5-8-31(9-6-13)39(35,36)15-11-14(12-15)24(32)33)29-22(23-28-7-10-38-23)30-21(18)16-3-2-4-17(27)19(16)26/h2-4,7,10,13-15,21H,5-6,8-9,11-12H2,1H3,(H,29,30)(H,32,33)/t14-,15+,21?. The number of thiazole rings is 1. The van der Waals surface area contributed by atoms with E-state index in [2.05, 4.69) is 26.2 Å². The molecule has 0 radical (unpaired) electrons. The highest BCUT2D eigenvalue weighted by atomic mass is 79.9. The molecule has 3 aliphatic rings. The van der Waals surface area contributed by atoms with Gasteiger partial charge in [0.15, 0.2) is 10.8 Å². The Kier molecular flexibility index (Phi) is 7.91. The molecule has 2 N–H and O–H groups in total. The molecule has 0 spiro atoms. The van der Waals surface area contributed by atoms with Crippen molar-refractivity contribution in [2.45, 2.75) is 37.0 Å². The number of ether oxygens (including phenoxy) is 1. The van der Waals surface area contributed by atoms with Crippen LogP contribution in [0, 0.1) is 17.7 Å². The first-order valence-electron chi connectivity index (χ1n) is 12.3. The molecule has 10 nitrogen and oxygen atoms in total. The van der Waals surface area contributed by atoms with Crippen molar-refractivity contribution in [1.29, 1.82) is 0 Å². The van der Waals surface area contributed by atoms with Gasteiger partial charge in [-0.1, -0.05) is 12.1 Å². The van der Waals surface area contributed by atoms with Gasteiger partial charge in [0.25, 0.3) is 0 Å². The fourth-order valence-corrected chi connectivity index (χ4v) is 8.41. The summed E-state index contributed by atoms with van der Waals surface area (Å²) in [4.78, 5) is 33.4. The summed E-state index contributed by atoms with van der Waals surface area (Å²) in [6.45, 7) is 0.442. The number of carbonyl (C=O) groups is 2. The molecule has 2 aromatic rings. The van der Waals surface area contributed by atoms with E-state index in [0.29, 0.717) is 34.9 Å². The third-order valence-corrected chi connectivity index (χ3v) is 11.4. The summed E-state index contributed by atoms with van der Waals surface area (Å²) in [6, 6.07) is 3.65. The van der Waals surface area contributed by atoms with Crippen LogP contribution < -0.4 is 5.32 Å². The lowest BCUT2D eigenvalue weighted by Crippen LogP contribution is -2.50. The molecule has 1 aliphatic carbocycles. The first kappa shape index (κ1) is 27.9. The number of nitrogens with one attached hydrogen (secondary N) is 1. The second kappa shape index (κ2) is 11.1. The Hall–Kier alpha value is -2.68. The number of piperidine rings is 1. The maximum atomic E-state index is 14.5. The summed E-state index contributed by atoms with van der Waals surface area (Å²) in [5, 5.41) is 14.1. The summed E-state index contributed by atoms with van der Waals surface area (Å²) in [7, 11) is -2.36. The molecule has 1 atom stereocenters. The Morgan fingerprint density at radius 2 is 1.97 bits per heavy atom. The molecule has 14 heteroatoms. The Balaban J connectivity index is 1.46. The zero-order valence-corrected chi connectivity index (χ0v) is 24.1. The van der Waals surface area contributed by atoms with E-state index in [1.54, 1.807) is 23.7 Å². The van der Waals surface area contributed by atoms with Crippen molar-refractivity contribution in [1.82, 2.24) is 14.6 Å². The van der Waals surface area contributed by atoms with Crippen molar-refractivity contribution in [3.63, 3.8) is 0 Å². The van der Waals surface area contributed by atoms with Gasteiger partial charge in [-0.2, -0.15) is 0 Å². The van der Waals surface area contributed by atoms with Crippen molar-refractivity contribution in [2.24, 2.45) is 16.8 Å².